The monoisotopic (exact) mass is 310 g/mol. The highest BCUT2D eigenvalue weighted by Gasteiger charge is 2.12. The molecule has 0 saturated heterocycles. The maximum atomic E-state index is 12.8. The molecule has 2 aromatic carbocycles. The molecule has 0 fully saturated rings. The van der Waals surface area contributed by atoms with Crippen molar-refractivity contribution >= 4 is 28.3 Å². The number of fused-ring (bicyclic) bond motifs is 3. The molecule has 5 nitrogen and oxygen atoms in total. The normalized spacial score (nSPS) is 11.3. The van der Waals surface area contributed by atoms with Gasteiger partial charge in [-0.2, -0.15) is 0 Å². The number of hydrogen-bond donors (Lipinski definition) is 0. The first-order chi connectivity index (χ1) is 10.7. The fourth-order valence-corrected chi connectivity index (χ4v) is 2.72. The highest BCUT2D eigenvalue weighted by Crippen LogP contribution is 2.14. The van der Waals surface area contributed by atoms with Crippen LogP contribution in [0.5, 0.6) is 0 Å². The summed E-state index contributed by atoms with van der Waals surface area (Å²) < 4.78 is 3.45. The van der Waals surface area contributed by atoms with Crippen molar-refractivity contribution in [1.29, 1.82) is 0 Å². The van der Waals surface area contributed by atoms with Gasteiger partial charge < -0.3 is 0 Å². The lowest BCUT2D eigenvalue weighted by atomic mass is 10.2. The topological polar surface area (TPSA) is 52.2 Å². The van der Waals surface area contributed by atoms with E-state index in [0.717, 1.165) is 11.1 Å². The average molecular weight is 311 g/mol. The van der Waals surface area contributed by atoms with Gasteiger partial charge in [0.15, 0.2) is 0 Å². The van der Waals surface area contributed by atoms with Crippen LogP contribution in [0.25, 0.3) is 16.7 Å². The van der Waals surface area contributed by atoms with Crippen LogP contribution in [-0.2, 0) is 6.54 Å². The molecule has 0 aliphatic rings. The quantitative estimate of drug-likeness (QED) is 0.572. The molecular weight excluding hydrogens is 300 g/mol. The molecule has 0 spiro atoms. The molecule has 0 bridgehead atoms. The van der Waals surface area contributed by atoms with Crippen molar-refractivity contribution in [2.75, 3.05) is 0 Å². The van der Waals surface area contributed by atoms with Gasteiger partial charge in [0, 0.05) is 5.02 Å². The number of hydrogen-bond acceptors (Lipinski definition) is 3. The first-order valence-electron chi connectivity index (χ1n) is 6.80. The van der Waals surface area contributed by atoms with Gasteiger partial charge in [-0.15, -0.1) is 10.2 Å². The molecular formula is C16H11ClN4O. The maximum Gasteiger partial charge on any atom is 0.263 e. The van der Waals surface area contributed by atoms with Crippen molar-refractivity contribution in [3.05, 3.63) is 75.8 Å². The van der Waals surface area contributed by atoms with Crippen LogP contribution in [0, 0.1) is 0 Å². The number of para-hydroxylation sites is 1. The van der Waals surface area contributed by atoms with Crippen LogP contribution in [0.1, 0.15) is 5.56 Å². The fourth-order valence-electron chi connectivity index (χ4n) is 2.60. The Morgan fingerprint density at radius 2 is 1.82 bits per heavy atom. The third kappa shape index (κ3) is 1.98. The lowest BCUT2D eigenvalue weighted by Gasteiger charge is -2.10. The summed E-state index contributed by atoms with van der Waals surface area (Å²) in [5, 5.41) is 9.35. The minimum Gasteiger partial charge on any atom is -0.272 e. The first-order valence-corrected chi connectivity index (χ1v) is 7.17. The predicted molar refractivity (Wildman–Crippen MR) is 85.3 cm³/mol. The summed E-state index contributed by atoms with van der Waals surface area (Å²) in [4.78, 5) is 12.8. The van der Waals surface area contributed by atoms with E-state index in [1.807, 2.05) is 52.9 Å². The molecule has 2 aromatic heterocycles. The van der Waals surface area contributed by atoms with Gasteiger partial charge in [0.1, 0.15) is 6.33 Å². The summed E-state index contributed by atoms with van der Waals surface area (Å²) in [7, 11) is 0. The molecule has 0 aliphatic heterocycles. The van der Waals surface area contributed by atoms with E-state index in [2.05, 4.69) is 10.2 Å². The molecule has 0 radical (unpaired) electrons. The van der Waals surface area contributed by atoms with Gasteiger partial charge in [-0.25, -0.2) is 0 Å². The van der Waals surface area contributed by atoms with E-state index in [4.69, 9.17) is 11.6 Å². The summed E-state index contributed by atoms with van der Waals surface area (Å²) in [5.74, 6) is 0.527. The van der Waals surface area contributed by atoms with Gasteiger partial charge in [0.05, 0.1) is 17.4 Å². The zero-order chi connectivity index (χ0) is 15.1. The maximum absolute atomic E-state index is 12.8. The highest BCUT2D eigenvalue weighted by molar-refractivity contribution is 6.30. The van der Waals surface area contributed by atoms with Crippen LogP contribution in [-0.4, -0.2) is 19.2 Å². The van der Waals surface area contributed by atoms with Crippen LogP contribution in [0.4, 0.5) is 0 Å². The Morgan fingerprint density at radius 3 is 2.64 bits per heavy atom. The van der Waals surface area contributed by atoms with Crippen LogP contribution in [0.2, 0.25) is 5.02 Å². The van der Waals surface area contributed by atoms with Crippen molar-refractivity contribution in [2.45, 2.75) is 6.54 Å². The molecule has 0 atom stereocenters. The first kappa shape index (κ1) is 13.0. The van der Waals surface area contributed by atoms with E-state index >= 15 is 0 Å². The van der Waals surface area contributed by atoms with E-state index in [-0.39, 0.29) is 5.56 Å². The van der Waals surface area contributed by atoms with E-state index in [9.17, 15) is 4.79 Å². The number of benzene rings is 2. The Kier molecular flexibility index (Phi) is 2.94. The SMILES string of the molecule is O=c1c2ccccc2n2cnnc2n1Cc1ccc(Cl)cc1. The Bertz CT molecular complexity index is 1030. The van der Waals surface area contributed by atoms with Gasteiger partial charge in [-0.05, 0) is 29.8 Å². The van der Waals surface area contributed by atoms with Gasteiger partial charge in [-0.3, -0.25) is 13.8 Å². The lowest BCUT2D eigenvalue weighted by molar-refractivity contribution is 0.766. The molecule has 0 unspecified atom stereocenters. The van der Waals surface area contributed by atoms with Gasteiger partial charge in [0.25, 0.3) is 5.56 Å². The third-order valence-corrected chi connectivity index (χ3v) is 3.92. The smallest absolute Gasteiger partial charge is 0.263 e. The summed E-state index contributed by atoms with van der Waals surface area (Å²) in [5.41, 5.74) is 1.71. The zero-order valence-corrected chi connectivity index (χ0v) is 12.2. The molecule has 108 valence electrons. The molecule has 4 aromatic rings. The number of nitrogens with zero attached hydrogens (tertiary/aromatic N) is 4. The van der Waals surface area contributed by atoms with Gasteiger partial charge in [0.2, 0.25) is 5.78 Å². The van der Waals surface area contributed by atoms with Crippen LogP contribution < -0.4 is 5.56 Å². The molecule has 6 heteroatoms. The second-order valence-corrected chi connectivity index (χ2v) is 5.47. The van der Waals surface area contributed by atoms with Crippen LogP contribution in [0.3, 0.4) is 0 Å². The Labute approximate surface area is 130 Å². The van der Waals surface area contributed by atoms with E-state index in [1.165, 1.54) is 0 Å². The molecule has 0 aliphatic carbocycles. The standard InChI is InChI=1S/C16H11ClN4O/c17-12-7-5-11(6-8-12)9-20-15(22)13-3-1-2-4-14(13)21-10-18-19-16(20)21/h1-8,10H,9H2. The Hall–Kier alpha value is -2.66. The van der Waals surface area contributed by atoms with E-state index in [1.54, 1.807) is 10.9 Å². The van der Waals surface area contributed by atoms with Crippen molar-refractivity contribution in [1.82, 2.24) is 19.2 Å². The number of aromatic nitrogens is 4. The summed E-state index contributed by atoms with van der Waals surface area (Å²) in [6, 6.07) is 14.9. The summed E-state index contributed by atoms with van der Waals surface area (Å²) in [6.07, 6.45) is 1.62. The zero-order valence-electron chi connectivity index (χ0n) is 11.5. The highest BCUT2D eigenvalue weighted by atomic mass is 35.5. The van der Waals surface area contributed by atoms with Crippen molar-refractivity contribution < 1.29 is 0 Å². The largest absolute Gasteiger partial charge is 0.272 e. The van der Waals surface area contributed by atoms with Crippen LogP contribution >= 0.6 is 11.6 Å². The number of rotatable bonds is 2. The number of halogens is 1. The molecule has 22 heavy (non-hydrogen) atoms. The van der Waals surface area contributed by atoms with Gasteiger partial charge in [-0.1, -0.05) is 35.9 Å². The third-order valence-electron chi connectivity index (χ3n) is 3.66. The minimum absolute atomic E-state index is 0.0777. The fraction of sp³-hybridized carbons (Fsp3) is 0.0625. The molecule has 0 N–H and O–H groups in total. The average Bonchev–Trinajstić information content (AvgIpc) is 3.03. The second-order valence-electron chi connectivity index (χ2n) is 5.04. The van der Waals surface area contributed by atoms with Gasteiger partial charge >= 0.3 is 0 Å². The van der Waals surface area contributed by atoms with Crippen LogP contribution in [0.15, 0.2) is 59.7 Å². The minimum atomic E-state index is -0.0777. The Morgan fingerprint density at radius 1 is 1.05 bits per heavy atom. The summed E-state index contributed by atoms with van der Waals surface area (Å²) in [6.45, 7) is 0.420. The van der Waals surface area contributed by atoms with E-state index < -0.39 is 0 Å². The summed E-state index contributed by atoms with van der Waals surface area (Å²) >= 11 is 5.91. The van der Waals surface area contributed by atoms with E-state index in [0.29, 0.717) is 22.7 Å². The molecule has 2 heterocycles. The van der Waals surface area contributed by atoms with Crippen molar-refractivity contribution in [3.8, 4) is 0 Å². The molecule has 4 rings (SSSR count). The van der Waals surface area contributed by atoms with Crippen molar-refractivity contribution in [3.63, 3.8) is 0 Å². The predicted octanol–water partition coefficient (Wildman–Crippen LogP) is 2.75. The second kappa shape index (κ2) is 4.96. The Balaban J connectivity index is 1.99. The molecule has 0 amide bonds. The lowest BCUT2D eigenvalue weighted by Crippen LogP contribution is -2.23. The molecule has 0 saturated carbocycles. The van der Waals surface area contributed by atoms with Crippen molar-refractivity contribution in [2.24, 2.45) is 0 Å².